The fourth-order valence-electron chi connectivity index (χ4n) is 2.56. The topological polar surface area (TPSA) is 49.8 Å². The number of nitrogens with zero attached hydrogens (tertiary/aromatic N) is 3. The van der Waals surface area contributed by atoms with Crippen molar-refractivity contribution in [3.05, 3.63) is 41.4 Å². The van der Waals surface area contributed by atoms with Crippen LogP contribution >= 0.6 is 11.3 Å². The van der Waals surface area contributed by atoms with Crippen molar-refractivity contribution in [1.29, 1.82) is 0 Å². The van der Waals surface area contributed by atoms with Crippen LogP contribution < -0.4 is 5.32 Å². The maximum Gasteiger partial charge on any atom is 0.194 e. The molecule has 140 valence electrons. The van der Waals surface area contributed by atoms with Crippen molar-refractivity contribution in [2.75, 3.05) is 33.4 Å². The molecule has 0 aliphatic heterocycles. The van der Waals surface area contributed by atoms with Gasteiger partial charge in [0.05, 0.1) is 18.8 Å². The molecule has 26 heavy (non-hydrogen) atoms. The summed E-state index contributed by atoms with van der Waals surface area (Å²) in [6, 6.07) is 10.3. The van der Waals surface area contributed by atoms with Gasteiger partial charge in [0.15, 0.2) is 5.96 Å². The van der Waals surface area contributed by atoms with Gasteiger partial charge < -0.3 is 15.0 Å². The van der Waals surface area contributed by atoms with E-state index in [0.717, 1.165) is 54.4 Å². The summed E-state index contributed by atoms with van der Waals surface area (Å²) in [5.74, 6) is 1.71. The lowest BCUT2D eigenvalue weighted by Gasteiger charge is -2.21. The molecule has 1 aromatic carbocycles. The quantitative estimate of drug-likeness (QED) is 0.415. The molecular formula is C20H28N4OS. The van der Waals surface area contributed by atoms with Crippen molar-refractivity contribution in [1.82, 2.24) is 15.2 Å². The van der Waals surface area contributed by atoms with E-state index in [1.165, 1.54) is 12.8 Å². The summed E-state index contributed by atoms with van der Waals surface area (Å²) < 4.78 is 5.74. The minimum absolute atomic E-state index is 0.582. The molecule has 6 heteroatoms. The van der Waals surface area contributed by atoms with Gasteiger partial charge in [-0.1, -0.05) is 30.3 Å². The summed E-state index contributed by atoms with van der Waals surface area (Å²) in [7, 11) is 2.05. The van der Waals surface area contributed by atoms with Crippen LogP contribution in [0.4, 0.5) is 0 Å². The lowest BCUT2D eigenvalue weighted by molar-refractivity contribution is 0.115. The highest BCUT2D eigenvalue weighted by Gasteiger charge is 2.21. The normalized spacial score (nSPS) is 14.5. The van der Waals surface area contributed by atoms with E-state index < -0.39 is 0 Å². The largest absolute Gasteiger partial charge is 0.379 e. The van der Waals surface area contributed by atoms with Crippen LogP contribution in [0.25, 0.3) is 10.6 Å². The average Bonchev–Trinajstić information content (AvgIpc) is 3.38. The Bertz CT molecular complexity index is 697. The fraction of sp³-hybridized carbons (Fsp3) is 0.500. The molecule has 0 unspecified atom stereocenters. The Balaban J connectivity index is 1.53. The Morgan fingerprint density at radius 3 is 2.88 bits per heavy atom. The fourth-order valence-corrected chi connectivity index (χ4v) is 3.38. The number of aliphatic imine (C=N–C) groups is 1. The number of hydrogen-bond acceptors (Lipinski definition) is 4. The molecule has 1 saturated carbocycles. The number of nitrogens with one attached hydrogen (secondary N) is 1. The summed E-state index contributed by atoms with van der Waals surface area (Å²) in [5, 5.41) is 6.48. The maximum absolute atomic E-state index is 5.74. The molecule has 0 atom stereocenters. The number of thiazole rings is 1. The first-order valence-corrected chi connectivity index (χ1v) is 10.2. The third-order valence-electron chi connectivity index (χ3n) is 4.28. The minimum Gasteiger partial charge on any atom is -0.379 e. The molecule has 1 aromatic heterocycles. The number of ether oxygens (including phenoxy) is 1. The Kier molecular flexibility index (Phi) is 7.03. The van der Waals surface area contributed by atoms with Gasteiger partial charge in [-0.2, -0.15) is 0 Å². The van der Waals surface area contributed by atoms with Gasteiger partial charge in [-0.25, -0.2) is 9.98 Å². The summed E-state index contributed by atoms with van der Waals surface area (Å²) in [6.45, 7) is 6.00. The standard InChI is InChI=1S/C20H28N4OS/c1-3-21-20(24(2)11-12-25-14-16-9-10-16)22-13-18-15-26-19(23-18)17-7-5-4-6-8-17/h4-8,15-16H,3,9-14H2,1-2H3,(H,21,22). The van der Waals surface area contributed by atoms with E-state index in [9.17, 15) is 0 Å². The van der Waals surface area contributed by atoms with Crippen LogP contribution in [0.1, 0.15) is 25.5 Å². The van der Waals surface area contributed by atoms with Crippen molar-refractivity contribution < 1.29 is 4.74 Å². The lowest BCUT2D eigenvalue weighted by Crippen LogP contribution is -2.40. The van der Waals surface area contributed by atoms with Crippen molar-refractivity contribution in [2.45, 2.75) is 26.3 Å². The van der Waals surface area contributed by atoms with Crippen molar-refractivity contribution in [2.24, 2.45) is 10.9 Å². The van der Waals surface area contributed by atoms with E-state index in [0.29, 0.717) is 6.54 Å². The van der Waals surface area contributed by atoms with E-state index in [1.54, 1.807) is 11.3 Å². The van der Waals surface area contributed by atoms with Crippen LogP contribution in [0.15, 0.2) is 40.7 Å². The molecule has 0 bridgehead atoms. The van der Waals surface area contributed by atoms with Gasteiger partial charge in [0.1, 0.15) is 5.01 Å². The third kappa shape index (κ3) is 5.81. The van der Waals surface area contributed by atoms with E-state index in [4.69, 9.17) is 14.7 Å². The van der Waals surface area contributed by atoms with Gasteiger partial charge in [0.2, 0.25) is 0 Å². The Morgan fingerprint density at radius 1 is 1.35 bits per heavy atom. The molecule has 0 radical (unpaired) electrons. The molecule has 5 nitrogen and oxygen atoms in total. The van der Waals surface area contributed by atoms with Gasteiger partial charge in [0.25, 0.3) is 0 Å². The molecule has 1 aliphatic rings. The molecule has 2 aromatic rings. The number of aromatic nitrogens is 1. The Hall–Kier alpha value is -1.92. The number of likely N-dealkylation sites (N-methyl/N-ethyl adjacent to an activating group) is 1. The summed E-state index contributed by atoms with van der Waals surface area (Å²) in [5.41, 5.74) is 2.16. The van der Waals surface area contributed by atoms with E-state index >= 15 is 0 Å². The third-order valence-corrected chi connectivity index (χ3v) is 5.22. The van der Waals surface area contributed by atoms with Crippen LogP contribution in [0.3, 0.4) is 0 Å². The molecular weight excluding hydrogens is 344 g/mol. The second-order valence-corrected chi connectivity index (χ2v) is 7.48. The number of hydrogen-bond donors (Lipinski definition) is 1. The van der Waals surface area contributed by atoms with Crippen LogP contribution in [0, 0.1) is 5.92 Å². The van der Waals surface area contributed by atoms with E-state index in [2.05, 4.69) is 41.7 Å². The molecule has 1 aliphatic carbocycles. The first-order chi connectivity index (χ1) is 12.8. The van der Waals surface area contributed by atoms with E-state index in [-0.39, 0.29) is 0 Å². The molecule has 0 saturated heterocycles. The highest BCUT2D eigenvalue weighted by molar-refractivity contribution is 7.13. The molecule has 0 amide bonds. The zero-order valence-corrected chi connectivity index (χ0v) is 16.5. The predicted molar refractivity (Wildman–Crippen MR) is 109 cm³/mol. The average molecular weight is 373 g/mol. The van der Waals surface area contributed by atoms with Gasteiger partial charge in [-0.15, -0.1) is 11.3 Å². The maximum atomic E-state index is 5.74. The van der Waals surface area contributed by atoms with Crippen molar-refractivity contribution in [3.63, 3.8) is 0 Å². The summed E-state index contributed by atoms with van der Waals surface area (Å²) in [6.07, 6.45) is 2.66. The van der Waals surface area contributed by atoms with Gasteiger partial charge in [-0.05, 0) is 25.7 Å². The number of guanidine groups is 1. The first-order valence-electron chi connectivity index (χ1n) is 9.33. The zero-order chi connectivity index (χ0) is 18.2. The zero-order valence-electron chi connectivity index (χ0n) is 15.6. The lowest BCUT2D eigenvalue weighted by atomic mass is 10.2. The highest BCUT2D eigenvalue weighted by Crippen LogP contribution is 2.28. The van der Waals surface area contributed by atoms with Crippen LogP contribution in [-0.2, 0) is 11.3 Å². The Morgan fingerprint density at radius 2 is 2.15 bits per heavy atom. The second kappa shape index (κ2) is 9.69. The number of benzene rings is 1. The Labute approximate surface area is 160 Å². The van der Waals surface area contributed by atoms with Gasteiger partial charge in [0, 0.05) is 37.7 Å². The highest BCUT2D eigenvalue weighted by atomic mass is 32.1. The first kappa shape index (κ1) is 18.9. The molecule has 3 rings (SSSR count). The molecule has 0 spiro atoms. The van der Waals surface area contributed by atoms with Crippen molar-refractivity contribution >= 4 is 17.3 Å². The number of rotatable bonds is 9. The van der Waals surface area contributed by atoms with Crippen LogP contribution in [0.2, 0.25) is 0 Å². The SMILES string of the molecule is CCNC(=NCc1csc(-c2ccccc2)n1)N(C)CCOCC1CC1. The molecule has 1 heterocycles. The predicted octanol–water partition coefficient (Wildman–Crippen LogP) is 3.63. The van der Waals surface area contributed by atoms with Gasteiger partial charge in [-0.3, -0.25) is 0 Å². The van der Waals surface area contributed by atoms with Crippen LogP contribution in [0.5, 0.6) is 0 Å². The second-order valence-electron chi connectivity index (χ2n) is 6.62. The van der Waals surface area contributed by atoms with E-state index in [1.807, 2.05) is 18.2 Å². The monoisotopic (exact) mass is 372 g/mol. The van der Waals surface area contributed by atoms with Crippen LogP contribution in [-0.4, -0.2) is 49.2 Å². The molecule has 1 fully saturated rings. The summed E-state index contributed by atoms with van der Waals surface area (Å²) in [4.78, 5) is 11.6. The van der Waals surface area contributed by atoms with Gasteiger partial charge >= 0.3 is 0 Å². The molecule has 1 N–H and O–H groups in total. The summed E-state index contributed by atoms with van der Waals surface area (Å²) >= 11 is 1.67. The smallest absolute Gasteiger partial charge is 0.194 e. The minimum atomic E-state index is 0.582. The van der Waals surface area contributed by atoms with Crippen molar-refractivity contribution in [3.8, 4) is 10.6 Å².